The predicted octanol–water partition coefficient (Wildman–Crippen LogP) is 1.61. The highest BCUT2D eigenvalue weighted by molar-refractivity contribution is 9.10. The molecule has 1 amide bonds. The second-order valence-electron chi connectivity index (χ2n) is 4.59. The van der Waals surface area contributed by atoms with Gasteiger partial charge in [-0.1, -0.05) is 0 Å². The molecule has 1 saturated heterocycles. The zero-order valence-corrected chi connectivity index (χ0v) is 12.0. The van der Waals surface area contributed by atoms with E-state index in [-0.39, 0.29) is 12.7 Å². The van der Waals surface area contributed by atoms with Crippen molar-refractivity contribution < 1.29 is 14.3 Å². The largest absolute Gasteiger partial charge is 0.454 e. The van der Waals surface area contributed by atoms with Crippen LogP contribution in [0.4, 0.5) is 0 Å². The van der Waals surface area contributed by atoms with E-state index in [9.17, 15) is 4.79 Å². The van der Waals surface area contributed by atoms with Crippen LogP contribution in [0.25, 0.3) is 0 Å². The van der Waals surface area contributed by atoms with Crippen LogP contribution in [0.15, 0.2) is 16.6 Å². The lowest BCUT2D eigenvalue weighted by Crippen LogP contribution is -2.34. The minimum atomic E-state index is 0.0442. The molecule has 0 aliphatic carbocycles. The first-order chi connectivity index (χ1) is 9.25. The number of hydrogen-bond donors (Lipinski definition) is 1. The average Bonchev–Trinajstić information content (AvgIpc) is 2.72. The lowest BCUT2D eigenvalue weighted by Gasteiger charge is -2.20. The summed E-state index contributed by atoms with van der Waals surface area (Å²) in [5.41, 5.74) is 0.637. The number of halogens is 1. The highest BCUT2D eigenvalue weighted by Gasteiger charge is 2.23. The molecule has 0 bridgehead atoms. The summed E-state index contributed by atoms with van der Waals surface area (Å²) < 4.78 is 11.4. The molecule has 0 radical (unpaired) electrons. The minimum Gasteiger partial charge on any atom is -0.454 e. The molecule has 1 fully saturated rings. The van der Waals surface area contributed by atoms with Gasteiger partial charge in [0.05, 0.1) is 4.47 Å². The molecule has 19 heavy (non-hydrogen) atoms. The van der Waals surface area contributed by atoms with Gasteiger partial charge in [0.2, 0.25) is 6.79 Å². The van der Waals surface area contributed by atoms with Crippen LogP contribution in [0.3, 0.4) is 0 Å². The second-order valence-corrected chi connectivity index (χ2v) is 5.44. The Kier molecular flexibility index (Phi) is 3.61. The molecule has 0 saturated carbocycles. The molecule has 1 aromatic carbocycles. The zero-order valence-electron chi connectivity index (χ0n) is 10.4. The van der Waals surface area contributed by atoms with Gasteiger partial charge >= 0.3 is 0 Å². The van der Waals surface area contributed by atoms with Gasteiger partial charge in [-0.25, -0.2) is 0 Å². The zero-order chi connectivity index (χ0) is 13.2. The Bertz CT molecular complexity index is 499. The number of hydrogen-bond acceptors (Lipinski definition) is 4. The summed E-state index contributed by atoms with van der Waals surface area (Å²) in [7, 11) is 0. The molecule has 2 aliphatic heterocycles. The average molecular weight is 327 g/mol. The van der Waals surface area contributed by atoms with Crippen LogP contribution in [0.5, 0.6) is 11.5 Å². The Morgan fingerprint density at radius 1 is 1.26 bits per heavy atom. The van der Waals surface area contributed by atoms with Gasteiger partial charge in [-0.3, -0.25) is 4.79 Å². The van der Waals surface area contributed by atoms with E-state index in [2.05, 4.69) is 21.2 Å². The van der Waals surface area contributed by atoms with Crippen molar-refractivity contribution in [3.05, 3.63) is 22.2 Å². The molecule has 3 rings (SSSR count). The molecular formula is C13H15BrN2O3. The lowest BCUT2D eigenvalue weighted by molar-refractivity contribution is 0.0766. The molecule has 0 atom stereocenters. The van der Waals surface area contributed by atoms with Crippen LogP contribution in [0.1, 0.15) is 16.8 Å². The van der Waals surface area contributed by atoms with Crippen LogP contribution in [-0.4, -0.2) is 43.8 Å². The third kappa shape index (κ3) is 2.55. The number of benzene rings is 1. The summed E-state index contributed by atoms with van der Waals surface area (Å²) in [5.74, 6) is 1.35. The molecule has 5 nitrogen and oxygen atoms in total. The van der Waals surface area contributed by atoms with E-state index < -0.39 is 0 Å². The van der Waals surface area contributed by atoms with E-state index in [1.54, 1.807) is 12.1 Å². The number of amides is 1. The fraction of sp³-hybridized carbons (Fsp3) is 0.462. The van der Waals surface area contributed by atoms with Gasteiger partial charge in [-0.15, -0.1) is 0 Å². The van der Waals surface area contributed by atoms with Gasteiger partial charge in [0.1, 0.15) is 0 Å². The summed E-state index contributed by atoms with van der Waals surface area (Å²) in [6.07, 6.45) is 0.984. The van der Waals surface area contributed by atoms with Crippen molar-refractivity contribution in [1.29, 1.82) is 0 Å². The van der Waals surface area contributed by atoms with E-state index in [4.69, 9.17) is 9.47 Å². The summed E-state index contributed by atoms with van der Waals surface area (Å²) in [4.78, 5) is 14.4. The molecule has 1 N–H and O–H groups in total. The quantitative estimate of drug-likeness (QED) is 0.852. The van der Waals surface area contributed by atoms with Crippen molar-refractivity contribution in [1.82, 2.24) is 10.2 Å². The summed E-state index contributed by atoms with van der Waals surface area (Å²) >= 11 is 3.42. The van der Waals surface area contributed by atoms with Crippen molar-refractivity contribution in [3.8, 4) is 11.5 Å². The lowest BCUT2D eigenvalue weighted by atomic mass is 10.1. The van der Waals surface area contributed by atoms with E-state index >= 15 is 0 Å². The van der Waals surface area contributed by atoms with Gasteiger partial charge < -0.3 is 19.7 Å². The SMILES string of the molecule is O=C(c1cc(Br)c2c(c1)OCO2)N1CCCNCC1. The number of fused-ring (bicyclic) bond motifs is 1. The Hall–Kier alpha value is -1.27. The van der Waals surface area contributed by atoms with Crippen LogP contribution in [0.2, 0.25) is 0 Å². The molecule has 0 spiro atoms. The van der Waals surface area contributed by atoms with Gasteiger partial charge in [0, 0.05) is 25.2 Å². The molecule has 2 heterocycles. The Morgan fingerprint density at radius 3 is 3.05 bits per heavy atom. The number of nitrogens with one attached hydrogen (secondary N) is 1. The number of ether oxygens (including phenoxy) is 2. The van der Waals surface area contributed by atoms with Crippen molar-refractivity contribution in [3.63, 3.8) is 0 Å². The highest BCUT2D eigenvalue weighted by atomic mass is 79.9. The fourth-order valence-electron chi connectivity index (χ4n) is 2.32. The second kappa shape index (κ2) is 5.38. The third-order valence-electron chi connectivity index (χ3n) is 3.30. The standard InChI is InChI=1S/C13H15BrN2O3/c14-10-6-9(7-11-12(10)19-8-18-11)13(17)16-4-1-2-15-3-5-16/h6-7,15H,1-5,8H2. The summed E-state index contributed by atoms with van der Waals surface area (Å²) in [6, 6.07) is 3.56. The van der Waals surface area contributed by atoms with Gasteiger partial charge in [0.15, 0.2) is 11.5 Å². The van der Waals surface area contributed by atoms with E-state index in [1.807, 2.05) is 4.90 Å². The molecule has 6 heteroatoms. The molecular weight excluding hydrogens is 312 g/mol. The maximum atomic E-state index is 12.5. The van der Waals surface area contributed by atoms with Gasteiger partial charge in [-0.2, -0.15) is 0 Å². The van der Waals surface area contributed by atoms with Crippen LogP contribution in [-0.2, 0) is 0 Å². The van der Waals surface area contributed by atoms with Crippen molar-refractivity contribution in [2.45, 2.75) is 6.42 Å². The highest BCUT2D eigenvalue weighted by Crippen LogP contribution is 2.40. The van der Waals surface area contributed by atoms with Crippen LogP contribution >= 0.6 is 15.9 Å². The van der Waals surface area contributed by atoms with Crippen molar-refractivity contribution >= 4 is 21.8 Å². The van der Waals surface area contributed by atoms with Crippen molar-refractivity contribution in [2.75, 3.05) is 33.0 Å². The van der Waals surface area contributed by atoms with E-state index in [1.165, 1.54) is 0 Å². The summed E-state index contributed by atoms with van der Waals surface area (Å²) in [6.45, 7) is 3.55. The van der Waals surface area contributed by atoms with Gasteiger partial charge in [-0.05, 0) is 41.0 Å². The number of carbonyl (C=O) groups is 1. The number of nitrogens with zero attached hydrogens (tertiary/aromatic N) is 1. The first kappa shape index (κ1) is 12.7. The van der Waals surface area contributed by atoms with Crippen molar-refractivity contribution in [2.24, 2.45) is 0 Å². The normalized spacial score (nSPS) is 18.3. The first-order valence-electron chi connectivity index (χ1n) is 6.35. The first-order valence-corrected chi connectivity index (χ1v) is 7.14. The summed E-state index contributed by atoms with van der Waals surface area (Å²) in [5, 5.41) is 3.29. The Labute approximate surface area is 120 Å². The topological polar surface area (TPSA) is 50.8 Å². The molecule has 1 aromatic rings. The van der Waals surface area contributed by atoms with Crippen LogP contribution < -0.4 is 14.8 Å². The molecule has 0 aromatic heterocycles. The molecule has 2 aliphatic rings. The third-order valence-corrected chi connectivity index (χ3v) is 3.89. The maximum Gasteiger partial charge on any atom is 0.254 e. The van der Waals surface area contributed by atoms with E-state index in [0.717, 1.165) is 37.1 Å². The Balaban J connectivity index is 1.85. The molecule has 102 valence electrons. The van der Waals surface area contributed by atoms with E-state index in [0.29, 0.717) is 17.1 Å². The minimum absolute atomic E-state index is 0.0442. The van der Waals surface area contributed by atoms with Gasteiger partial charge in [0.25, 0.3) is 5.91 Å². The number of carbonyl (C=O) groups excluding carboxylic acids is 1. The van der Waals surface area contributed by atoms with Crippen LogP contribution in [0, 0.1) is 0 Å². The molecule has 0 unspecified atom stereocenters. The monoisotopic (exact) mass is 326 g/mol. The fourth-order valence-corrected chi connectivity index (χ4v) is 2.88. The maximum absolute atomic E-state index is 12.5. The Morgan fingerprint density at radius 2 is 2.16 bits per heavy atom. The predicted molar refractivity (Wildman–Crippen MR) is 73.7 cm³/mol. The number of rotatable bonds is 1. The smallest absolute Gasteiger partial charge is 0.254 e.